The summed E-state index contributed by atoms with van der Waals surface area (Å²) in [6.45, 7) is 2.03. The van der Waals surface area contributed by atoms with Gasteiger partial charge in [-0.2, -0.15) is 0 Å². The standard InChI is InChI=1S/C11H16ClNO2S/c1-2-3-4-7-16(14,15)9-5-6-11(13)10(12)8-9/h5-6,8H,2-4,7,13H2,1H3. The van der Waals surface area contributed by atoms with Gasteiger partial charge in [-0.05, 0) is 24.6 Å². The molecule has 0 bridgehead atoms. The van der Waals surface area contributed by atoms with E-state index in [1.54, 1.807) is 0 Å². The average molecular weight is 262 g/mol. The fourth-order valence-corrected chi connectivity index (χ4v) is 3.00. The van der Waals surface area contributed by atoms with Gasteiger partial charge in [-0.3, -0.25) is 0 Å². The van der Waals surface area contributed by atoms with Crippen LogP contribution in [0, 0.1) is 0 Å². The Kier molecular flexibility index (Phi) is 4.62. The molecule has 2 N–H and O–H groups in total. The first-order chi connectivity index (χ1) is 7.47. The van der Waals surface area contributed by atoms with Gasteiger partial charge in [0.1, 0.15) is 0 Å². The first-order valence-electron chi connectivity index (χ1n) is 5.25. The van der Waals surface area contributed by atoms with Gasteiger partial charge in [0.25, 0.3) is 0 Å². The van der Waals surface area contributed by atoms with Crippen molar-refractivity contribution >= 4 is 27.1 Å². The van der Waals surface area contributed by atoms with Gasteiger partial charge in [0.05, 0.1) is 21.4 Å². The van der Waals surface area contributed by atoms with E-state index in [9.17, 15) is 8.42 Å². The van der Waals surface area contributed by atoms with Crippen LogP contribution in [0.3, 0.4) is 0 Å². The van der Waals surface area contributed by atoms with E-state index in [2.05, 4.69) is 0 Å². The lowest BCUT2D eigenvalue weighted by atomic mass is 10.3. The fraction of sp³-hybridized carbons (Fsp3) is 0.455. The lowest BCUT2D eigenvalue weighted by molar-refractivity contribution is 0.591. The van der Waals surface area contributed by atoms with Crippen LogP contribution in [0.4, 0.5) is 5.69 Å². The van der Waals surface area contributed by atoms with Crippen molar-refractivity contribution in [3.05, 3.63) is 23.2 Å². The molecule has 0 amide bonds. The summed E-state index contributed by atoms with van der Waals surface area (Å²) in [6, 6.07) is 4.44. The molecule has 0 aliphatic rings. The third-order valence-electron chi connectivity index (χ3n) is 2.35. The smallest absolute Gasteiger partial charge is 0.178 e. The second-order valence-electron chi connectivity index (χ2n) is 3.71. The second-order valence-corrected chi connectivity index (χ2v) is 6.23. The van der Waals surface area contributed by atoms with Crippen molar-refractivity contribution in [2.24, 2.45) is 0 Å². The molecular formula is C11H16ClNO2S. The molecule has 0 aliphatic heterocycles. The summed E-state index contributed by atoms with van der Waals surface area (Å²) in [5, 5.41) is 0.288. The highest BCUT2D eigenvalue weighted by Gasteiger charge is 2.14. The summed E-state index contributed by atoms with van der Waals surface area (Å²) >= 11 is 5.79. The number of rotatable bonds is 5. The minimum atomic E-state index is -3.21. The van der Waals surface area contributed by atoms with Crippen molar-refractivity contribution in [3.8, 4) is 0 Å². The van der Waals surface area contributed by atoms with E-state index >= 15 is 0 Å². The van der Waals surface area contributed by atoms with Crippen LogP contribution in [0.15, 0.2) is 23.1 Å². The van der Waals surface area contributed by atoms with Gasteiger partial charge in [0.2, 0.25) is 0 Å². The molecule has 0 radical (unpaired) electrons. The molecule has 16 heavy (non-hydrogen) atoms. The van der Waals surface area contributed by atoms with Crippen LogP contribution < -0.4 is 5.73 Å². The summed E-state index contributed by atoms with van der Waals surface area (Å²) < 4.78 is 23.7. The lowest BCUT2D eigenvalue weighted by Gasteiger charge is -2.05. The third-order valence-corrected chi connectivity index (χ3v) is 4.47. The zero-order valence-electron chi connectivity index (χ0n) is 9.24. The molecule has 0 aromatic heterocycles. The molecule has 0 heterocycles. The van der Waals surface area contributed by atoms with E-state index in [1.807, 2.05) is 6.92 Å². The van der Waals surface area contributed by atoms with Crippen molar-refractivity contribution in [2.75, 3.05) is 11.5 Å². The zero-order chi connectivity index (χ0) is 12.2. The Morgan fingerprint density at radius 1 is 1.31 bits per heavy atom. The van der Waals surface area contributed by atoms with Gasteiger partial charge in [-0.1, -0.05) is 31.4 Å². The molecule has 0 unspecified atom stereocenters. The van der Waals surface area contributed by atoms with Crippen molar-refractivity contribution in [2.45, 2.75) is 31.1 Å². The average Bonchev–Trinajstić information content (AvgIpc) is 2.22. The van der Waals surface area contributed by atoms with Crippen molar-refractivity contribution in [1.82, 2.24) is 0 Å². The highest BCUT2D eigenvalue weighted by molar-refractivity contribution is 7.91. The van der Waals surface area contributed by atoms with Crippen molar-refractivity contribution in [1.29, 1.82) is 0 Å². The van der Waals surface area contributed by atoms with Crippen LogP contribution in [0.2, 0.25) is 5.02 Å². The number of halogens is 1. The Hall–Kier alpha value is -0.740. The topological polar surface area (TPSA) is 60.2 Å². The van der Waals surface area contributed by atoms with Gasteiger partial charge in [-0.15, -0.1) is 0 Å². The Labute approximate surface area is 102 Å². The van der Waals surface area contributed by atoms with Crippen molar-refractivity contribution in [3.63, 3.8) is 0 Å². The quantitative estimate of drug-likeness (QED) is 0.655. The minimum absolute atomic E-state index is 0.168. The molecule has 1 aromatic rings. The molecule has 0 saturated heterocycles. The first kappa shape index (κ1) is 13.3. The van der Waals surface area contributed by atoms with E-state index in [4.69, 9.17) is 17.3 Å². The van der Waals surface area contributed by atoms with Crippen molar-refractivity contribution < 1.29 is 8.42 Å². The zero-order valence-corrected chi connectivity index (χ0v) is 10.8. The maximum Gasteiger partial charge on any atom is 0.178 e. The SMILES string of the molecule is CCCCCS(=O)(=O)c1ccc(N)c(Cl)c1. The van der Waals surface area contributed by atoms with E-state index in [1.165, 1.54) is 18.2 Å². The van der Waals surface area contributed by atoms with E-state index in [-0.39, 0.29) is 15.7 Å². The Balaban J connectivity index is 2.86. The highest BCUT2D eigenvalue weighted by Crippen LogP contribution is 2.23. The molecule has 0 saturated carbocycles. The summed E-state index contributed by atoms with van der Waals surface area (Å²) in [4.78, 5) is 0.253. The maximum atomic E-state index is 11.9. The molecule has 3 nitrogen and oxygen atoms in total. The van der Waals surface area contributed by atoms with Gasteiger partial charge in [0, 0.05) is 0 Å². The van der Waals surface area contributed by atoms with Crippen LogP contribution in [0.5, 0.6) is 0 Å². The molecule has 5 heteroatoms. The largest absolute Gasteiger partial charge is 0.398 e. The molecule has 0 spiro atoms. The molecular weight excluding hydrogens is 246 g/mol. The summed E-state index contributed by atoms with van der Waals surface area (Å²) in [5.74, 6) is 0.168. The highest BCUT2D eigenvalue weighted by atomic mass is 35.5. The summed E-state index contributed by atoms with van der Waals surface area (Å²) in [6.07, 6.45) is 2.60. The molecule has 1 aromatic carbocycles. The second kappa shape index (κ2) is 5.55. The number of anilines is 1. The first-order valence-corrected chi connectivity index (χ1v) is 7.28. The molecule has 1 rings (SSSR count). The van der Waals surface area contributed by atoms with Crippen LogP contribution in [-0.2, 0) is 9.84 Å². The molecule has 0 aliphatic carbocycles. The van der Waals surface area contributed by atoms with Gasteiger partial charge >= 0.3 is 0 Å². The molecule has 90 valence electrons. The van der Waals surface area contributed by atoms with Crippen LogP contribution in [0.1, 0.15) is 26.2 Å². The Morgan fingerprint density at radius 3 is 2.56 bits per heavy atom. The third kappa shape index (κ3) is 3.39. The van der Waals surface area contributed by atoms with Gasteiger partial charge in [-0.25, -0.2) is 8.42 Å². The number of hydrogen-bond acceptors (Lipinski definition) is 3. The van der Waals surface area contributed by atoms with Gasteiger partial charge in [0.15, 0.2) is 9.84 Å². The van der Waals surface area contributed by atoms with Crippen LogP contribution in [0.25, 0.3) is 0 Å². The minimum Gasteiger partial charge on any atom is -0.398 e. The Morgan fingerprint density at radius 2 is 2.00 bits per heavy atom. The van der Waals surface area contributed by atoms with Gasteiger partial charge < -0.3 is 5.73 Å². The number of nitrogen functional groups attached to an aromatic ring is 1. The number of nitrogens with two attached hydrogens (primary N) is 1. The number of unbranched alkanes of at least 4 members (excludes halogenated alkanes) is 2. The number of benzene rings is 1. The molecule has 0 atom stereocenters. The molecule has 0 fully saturated rings. The lowest BCUT2D eigenvalue weighted by Crippen LogP contribution is -2.07. The maximum absolute atomic E-state index is 11.9. The fourth-order valence-electron chi connectivity index (χ4n) is 1.36. The normalized spacial score (nSPS) is 11.6. The summed E-state index contributed by atoms with van der Waals surface area (Å²) in [7, 11) is -3.21. The van der Waals surface area contributed by atoms with E-state index in [0.717, 1.165) is 12.8 Å². The number of hydrogen-bond donors (Lipinski definition) is 1. The van der Waals surface area contributed by atoms with E-state index < -0.39 is 9.84 Å². The van der Waals surface area contributed by atoms with E-state index in [0.29, 0.717) is 12.1 Å². The predicted molar refractivity (Wildman–Crippen MR) is 67.4 cm³/mol. The monoisotopic (exact) mass is 261 g/mol. The van der Waals surface area contributed by atoms with Crippen LogP contribution >= 0.6 is 11.6 Å². The van der Waals surface area contributed by atoms with Crippen LogP contribution in [-0.4, -0.2) is 14.2 Å². The summed E-state index contributed by atoms with van der Waals surface area (Å²) in [5.41, 5.74) is 5.92. The predicted octanol–water partition coefficient (Wildman–Crippen LogP) is 2.89. The Bertz CT molecular complexity index is 457. The number of sulfone groups is 1.